The first-order valence-corrected chi connectivity index (χ1v) is 2.41. The maximum absolute atomic E-state index is 2.75. The third-order valence-electron chi connectivity index (χ3n) is 0. The molecule has 0 saturated heterocycles. The zero-order chi connectivity index (χ0) is 5.41. The monoisotopic (exact) mass is 210 g/mol. The van der Waals surface area contributed by atoms with Crippen molar-refractivity contribution in [1.82, 2.24) is 5.32 Å². The van der Waals surface area contributed by atoms with Crippen molar-refractivity contribution in [3.05, 3.63) is 0 Å². The molecule has 0 aromatic carbocycles. The Labute approximate surface area is 86.9 Å². The van der Waals surface area contributed by atoms with Crippen LogP contribution in [-0.2, 0) is 32.7 Å². The fraction of sp³-hybridized carbons (Fsp3) is 1.00. The average molecular weight is 210 g/mol. The van der Waals surface area contributed by atoms with Crippen molar-refractivity contribution < 1.29 is 32.7 Å². The van der Waals surface area contributed by atoms with Crippen LogP contribution in [-0.4, -0.2) is 14.1 Å². The smallest absolute Gasteiger partial charge is 0 e. The van der Waals surface area contributed by atoms with E-state index in [2.05, 4.69) is 19.2 Å². The van der Waals surface area contributed by atoms with Gasteiger partial charge in [-0.2, -0.15) is 0 Å². The van der Waals surface area contributed by atoms with E-state index in [1.54, 1.807) is 0 Å². The van der Waals surface area contributed by atoms with Crippen molar-refractivity contribution in [1.29, 1.82) is 0 Å². The Bertz CT molecular complexity index is 10.9. The molecule has 0 amide bonds. The Morgan fingerprint density at radius 3 is 1.00 bits per heavy atom. The number of nitrogens with one attached hydrogen (secondary N) is 1. The Kier molecular flexibility index (Phi) is 225. The SMILES string of the molecule is C.C.CCC.CNC.[Y]. The van der Waals surface area contributed by atoms with Gasteiger partial charge in [-0.1, -0.05) is 35.1 Å². The molecular weight excluding hydrogens is 187 g/mol. The fourth-order valence-electron chi connectivity index (χ4n) is 0. The van der Waals surface area contributed by atoms with Crippen molar-refractivity contribution in [2.75, 3.05) is 14.1 Å². The van der Waals surface area contributed by atoms with E-state index in [0.29, 0.717) is 0 Å². The minimum absolute atomic E-state index is 0. The second-order valence-corrected chi connectivity index (χ2v) is 1.21. The molecule has 0 atom stereocenters. The molecule has 59 valence electrons. The summed E-state index contributed by atoms with van der Waals surface area (Å²) in [5.74, 6) is 0. The second-order valence-electron chi connectivity index (χ2n) is 1.21. The number of hydrogen-bond donors (Lipinski definition) is 1. The van der Waals surface area contributed by atoms with E-state index < -0.39 is 0 Å². The summed E-state index contributed by atoms with van der Waals surface area (Å²) >= 11 is 0. The molecule has 1 N–H and O–H groups in total. The van der Waals surface area contributed by atoms with Crippen LogP contribution in [0.25, 0.3) is 0 Å². The van der Waals surface area contributed by atoms with Gasteiger partial charge >= 0.3 is 0 Å². The normalized spacial score (nSPS) is 4.00. The van der Waals surface area contributed by atoms with Gasteiger partial charge in [0.15, 0.2) is 0 Å². The zero-order valence-electron chi connectivity index (χ0n) is 5.78. The number of rotatable bonds is 0. The Hall–Kier alpha value is 1.06. The van der Waals surface area contributed by atoms with Crippen LogP contribution >= 0.6 is 0 Å². The molecule has 9 heavy (non-hydrogen) atoms. The van der Waals surface area contributed by atoms with E-state index in [1.807, 2.05) is 14.1 Å². The largest absolute Gasteiger partial charge is 0.323 e. The molecule has 0 aliphatic heterocycles. The Balaban J connectivity index is -0.00000000889. The van der Waals surface area contributed by atoms with E-state index in [9.17, 15) is 0 Å². The van der Waals surface area contributed by atoms with Crippen molar-refractivity contribution in [3.63, 3.8) is 0 Å². The van der Waals surface area contributed by atoms with Crippen LogP contribution < -0.4 is 5.32 Å². The first-order valence-electron chi connectivity index (χ1n) is 2.41. The molecule has 1 radical (unpaired) electrons. The third kappa shape index (κ3) is 400. The van der Waals surface area contributed by atoms with Crippen LogP contribution in [0.4, 0.5) is 0 Å². The van der Waals surface area contributed by atoms with Gasteiger partial charge in [0.25, 0.3) is 0 Å². The molecule has 1 nitrogen and oxygen atoms in total. The van der Waals surface area contributed by atoms with Crippen LogP contribution in [0.15, 0.2) is 0 Å². The van der Waals surface area contributed by atoms with Crippen LogP contribution in [0.3, 0.4) is 0 Å². The summed E-state index contributed by atoms with van der Waals surface area (Å²) in [6, 6.07) is 0. The van der Waals surface area contributed by atoms with Gasteiger partial charge in [-0.3, -0.25) is 0 Å². The molecule has 2 heteroatoms. The van der Waals surface area contributed by atoms with E-state index in [1.165, 1.54) is 6.42 Å². The van der Waals surface area contributed by atoms with Crippen LogP contribution in [0.5, 0.6) is 0 Å². The minimum Gasteiger partial charge on any atom is -0.323 e. The zero-order valence-corrected chi connectivity index (χ0v) is 8.62. The topological polar surface area (TPSA) is 12.0 Å². The van der Waals surface area contributed by atoms with Gasteiger partial charge in [-0.05, 0) is 14.1 Å². The second kappa shape index (κ2) is 62.8. The fourth-order valence-corrected chi connectivity index (χ4v) is 0. The predicted octanol–water partition coefficient (Wildman–Crippen LogP) is 2.52. The summed E-state index contributed by atoms with van der Waals surface area (Å²) in [5.41, 5.74) is 0. The van der Waals surface area contributed by atoms with E-state index in [4.69, 9.17) is 0 Å². The third-order valence-corrected chi connectivity index (χ3v) is 0. The van der Waals surface area contributed by atoms with Crippen molar-refractivity contribution in [2.24, 2.45) is 0 Å². The quantitative estimate of drug-likeness (QED) is 0.647. The predicted molar refractivity (Wildman–Crippen MR) is 44.4 cm³/mol. The first-order chi connectivity index (χ1) is 2.83. The van der Waals surface area contributed by atoms with Crippen LogP contribution in [0, 0.1) is 0 Å². The standard InChI is InChI=1S/C3H8.C2H7N.2CH4.Y/c2*1-3-2;;;/h3H2,1-2H3;3H,1-2H3;2*1H4;. The molecule has 0 unspecified atom stereocenters. The van der Waals surface area contributed by atoms with Crippen LogP contribution in [0.2, 0.25) is 0 Å². The first kappa shape index (κ1) is 32.2. The summed E-state index contributed by atoms with van der Waals surface area (Å²) in [5, 5.41) is 2.75. The summed E-state index contributed by atoms with van der Waals surface area (Å²) in [4.78, 5) is 0. The van der Waals surface area contributed by atoms with Gasteiger partial charge < -0.3 is 5.32 Å². The van der Waals surface area contributed by atoms with Crippen molar-refractivity contribution in [3.8, 4) is 0 Å². The molecule has 0 rings (SSSR count). The summed E-state index contributed by atoms with van der Waals surface area (Å²) in [7, 11) is 3.75. The molecule has 0 saturated carbocycles. The molecule has 0 fully saturated rings. The molecule has 0 bridgehead atoms. The van der Waals surface area contributed by atoms with Gasteiger partial charge in [-0.15, -0.1) is 0 Å². The van der Waals surface area contributed by atoms with Gasteiger partial charge in [0.2, 0.25) is 0 Å². The van der Waals surface area contributed by atoms with Crippen molar-refractivity contribution >= 4 is 0 Å². The molecule has 0 aromatic rings. The van der Waals surface area contributed by atoms with Gasteiger partial charge in [0.1, 0.15) is 0 Å². The van der Waals surface area contributed by atoms with E-state index >= 15 is 0 Å². The molecule has 0 aliphatic carbocycles. The molecule has 0 spiro atoms. The summed E-state index contributed by atoms with van der Waals surface area (Å²) in [6.45, 7) is 4.25. The van der Waals surface area contributed by atoms with Gasteiger partial charge in [-0.25, -0.2) is 0 Å². The Morgan fingerprint density at radius 2 is 1.00 bits per heavy atom. The molecule has 0 aromatic heterocycles. The minimum atomic E-state index is 0. The van der Waals surface area contributed by atoms with Crippen molar-refractivity contribution in [2.45, 2.75) is 35.1 Å². The maximum atomic E-state index is 2.75. The van der Waals surface area contributed by atoms with E-state index in [-0.39, 0.29) is 47.6 Å². The van der Waals surface area contributed by atoms with Gasteiger partial charge in [0.05, 0.1) is 0 Å². The van der Waals surface area contributed by atoms with Crippen LogP contribution in [0.1, 0.15) is 35.1 Å². The van der Waals surface area contributed by atoms with E-state index in [0.717, 1.165) is 0 Å². The number of hydrogen-bond acceptors (Lipinski definition) is 1. The maximum Gasteiger partial charge on any atom is 0 e. The average Bonchev–Trinajstić information content (AvgIpc) is 1.39. The summed E-state index contributed by atoms with van der Waals surface area (Å²) < 4.78 is 0. The Morgan fingerprint density at radius 1 is 1.00 bits per heavy atom. The molecule has 0 aliphatic rings. The molecule has 0 heterocycles. The summed E-state index contributed by atoms with van der Waals surface area (Å²) in [6.07, 6.45) is 1.25. The molecular formula is C7H23NY. The van der Waals surface area contributed by atoms with Gasteiger partial charge in [0, 0.05) is 32.7 Å².